The lowest BCUT2D eigenvalue weighted by molar-refractivity contribution is -0.161. The van der Waals surface area contributed by atoms with Crippen LogP contribution in [0, 0.1) is 0 Å². The number of halogens is 3. The molecule has 0 spiro atoms. The number of hydrogen-bond acceptors (Lipinski definition) is 6. The van der Waals surface area contributed by atoms with Gasteiger partial charge < -0.3 is 14.5 Å². The molecule has 1 aliphatic rings. The van der Waals surface area contributed by atoms with Crippen molar-refractivity contribution in [1.82, 2.24) is 24.5 Å². The van der Waals surface area contributed by atoms with Crippen LogP contribution in [0.2, 0.25) is 0 Å². The van der Waals surface area contributed by atoms with E-state index >= 15 is 0 Å². The Balaban J connectivity index is 1.56. The summed E-state index contributed by atoms with van der Waals surface area (Å²) in [7, 11) is 2.96. The number of nitrogens with zero attached hydrogens (tertiary/aromatic N) is 6. The van der Waals surface area contributed by atoms with Crippen molar-refractivity contribution in [3.05, 3.63) is 36.8 Å². The third kappa shape index (κ3) is 4.25. The maximum atomic E-state index is 12.6. The lowest BCUT2D eigenvalue weighted by Crippen LogP contribution is -2.40. The highest BCUT2D eigenvalue weighted by Gasteiger charge is 2.36. The highest BCUT2D eigenvalue weighted by Crippen LogP contribution is 2.31. The molecule has 164 valence electrons. The maximum Gasteiger partial charge on any atom is 0.397 e. The van der Waals surface area contributed by atoms with E-state index in [1.165, 1.54) is 19.1 Å². The Morgan fingerprint density at radius 2 is 2.13 bits per heavy atom. The number of carbonyl (C=O) groups excluding carboxylic acids is 1. The lowest BCUT2D eigenvalue weighted by Gasteiger charge is -2.25. The summed E-state index contributed by atoms with van der Waals surface area (Å²) in [5, 5.41) is 4.33. The number of aromatic nitrogens is 4. The molecule has 1 atom stereocenters. The fraction of sp³-hybridized carbons (Fsp3) is 0.400. The fourth-order valence-corrected chi connectivity index (χ4v) is 3.75. The zero-order valence-corrected chi connectivity index (χ0v) is 17.0. The predicted octanol–water partition coefficient (Wildman–Crippen LogP) is 2.79. The topological polar surface area (TPSA) is 75.9 Å². The van der Waals surface area contributed by atoms with Gasteiger partial charge in [0.2, 0.25) is 11.8 Å². The molecule has 4 heterocycles. The van der Waals surface area contributed by atoms with Crippen LogP contribution in [0.4, 0.5) is 19.0 Å². The van der Waals surface area contributed by atoms with E-state index in [2.05, 4.69) is 10.1 Å². The summed E-state index contributed by atoms with van der Waals surface area (Å²) in [6.07, 6.45) is -0.306. The monoisotopic (exact) mass is 434 g/mol. The molecular formula is C20H21F3N6O2. The van der Waals surface area contributed by atoms with Gasteiger partial charge in [0.25, 0.3) is 0 Å². The van der Waals surface area contributed by atoms with Crippen molar-refractivity contribution in [2.24, 2.45) is 0 Å². The molecule has 0 radical (unpaired) electrons. The second kappa shape index (κ2) is 8.05. The molecule has 8 nitrogen and oxygen atoms in total. The Hall–Kier alpha value is -3.37. The number of anilines is 1. The molecule has 0 unspecified atom stereocenters. The largest absolute Gasteiger partial charge is 0.481 e. The van der Waals surface area contributed by atoms with Crippen LogP contribution in [0.25, 0.3) is 16.8 Å². The summed E-state index contributed by atoms with van der Waals surface area (Å²) >= 11 is 0. The van der Waals surface area contributed by atoms with Gasteiger partial charge in [0.05, 0.1) is 24.9 Å². The van der Waals surface area contributed by atoms with Crippen molar-refractivity contribution < 1.29 is 22.7 Å². The van der Waals surface area contributed by atoms with E-state index in [1.807, 2.05) is 11.0 Å². The van der Waals surface area contributed by atoms with E-state index in [4.69, 9.17) is 9.72 Å². The zero-order valence-electron chi connectivity index (χ0n) is 17.0. The first-order chi connectivity index (χ1) is 14.8. The van der Waals surface area contributed by atoms with Gasteiger partial charge in [-0.05, 0) is 24.6 Å². The molecule has 0 saturated carbocycles. The molecule has 1 saturated heterocycles. The summed E-state index contributed by atoms with van der Waals surface area (Å²) in [6.45, 7) is 0.986. The molecule has 0 bridgehead atoms. The molecule has 3 aromatic heterocycles. The van der Waals surface area contributed by atoms with Crippen molar-refractivity contribution in [3.63, 3.8) is 0 Å². The number of hydrogen-bond donors (Lipinski definition) is 0. The Morgan fingerprint density at radius 3 is 2.87 bits per heavy atom. The summed E-state index contributed by atoms with van der Waals surface area (Å²) in [4.78, 5) is 24.0. The number of rotatable bonds is 5. The van der Waals surface area contributed by atoms with E-state index in [0.29, 0.717) is 36.9 Å². The minimum absolute atomic E-state index is 0.310. The Bertz CT molecular complexity index is 1100. The second-order valence-electron chi connectivity index (χ2n) is 7.36. The van der Waals surface area contributed by atoms with Crippen LogP contribution in [0.15, 0.2) is 36.8 Å². The zero-order chi connectivity index (χ0) is 22.2. The van der Waals surface area contributed by atoms with Crippen LogP contribution < -0.4 is 9.64 Å². The fourth-order valence-electron chi connectivity index (χ4n) is 3.75. The Labute approximate surface area is 176 Å². The van der Waals surface area contributed by atoms with Crippen LogP contribution in [-0.2, 0) is 4.79 Å². The standard InChI is InChI=1S/C20H21F3N6O2/c1-27(17(30)10-20(21,22)23)13-5-8-28(12-13)16-6-9-29-18(26-16)15(11-25-29)14-4-3-7-24-19(14)31-2/h3-4,6-7,9,11,13H,5,8,10,12H2,1-2H3/t13-/m0/s1. The van der Waals surface area contributed by atoms with E-state index in [9.17, 15) is 18.0 Å². The molecular weight excluding hydrogens is 413 g/mol. The van der Waals surface area contributed by atoms with Gasteiger partial charge >= 0.3 is 6.18 Å². The summed E-state index contributed by atoms with van der Waals surface area (Å²) in [5.74, 6) is 0.191. The highest BCUT2D eigenvalue weighted by molar-refractivity contribution is 5.80. The number of ether oxygens (including phenoxy) is 1. The normalized spacial score (nSPS) is 16.7. The number of alkyl halides is 3. The van der Waals surface area contributed by atoms with E-state index in [-0.39, 0.29) is 6.04 Å². The van der Waals surface area contributed by atoms with Crippen molar-refractivity contribution >= 4 is 17.4 Å². The smallest absolute Gasteiger partial charge is 0.397 e. The van der Waals surface area contributed by atoms with Gasteiger partial charge in [-0.1, -0.05) is 0 Å². The molecule has 3 aromatic rings. The summed E-state index contributed by atoms with van der Waals surface area (Å²) in [5.41, 5.74) is 2.11. The number of fused-ring (bicyclic) bond motifs is 1. The van der Waals surface area contributed by atoms with Gasteiger partial charge in [0, 0.05) is 38.1 Å². The quantitative estimate of drug-likeness (QED) is 0.615. The molecule has 0 aliphatic carbocycles. The lowest BCUT2D eigenvalue weighted by atomic mass is 10.1. The number of pyridine rings is 1. The maximum absolute atomic E-state index is 12.6. The average Bonchev–Trinajstić information content (AvgIpc) is 3.38. The van der Waals surface area contributed by atoms with E-state index < -0.39 is 18.5 Å². The number of carbonyl (C=O) groups is 1. The summed E-state index contributed by atoms with van der Waals surface area (Å²) < 4.78 is 44.6. The van der Waals surface area contributed by atoms with Gasteiger partial charge in [-0.3, -0.25) is 4.79 Å². The second-order valence-corrected chi connectivity index (χ2v) is 7.36. The molecule has 1 fully saturated rings. The first kappa shape index (κ1) is 20.9. The predicted molar refractivity (Wildman–Crippen MR) is 107 cm³/mol. The molecule has 0 aromatic carbocycles. The summed E-state index contributed by atoms with van der Waals surface area (Å²) in [6, 6.07) is 5.15. The SMILES string of the molecule is COc1ncccc1-c1cnn2ccc(N3CC[C@H](N(C)C(=O)CC(F)(F)F)C3)nc12. The van der Waals surface area contributed by atoms with Crippen molar-refractivity contribution in [2.45, 2.75) is 25.1 Å². The number of amides is 1. The third-order valence-electron chi connectivity index (χ3n) is 5.39. The van der Waals surface area contributed by atoms with Gasteiger partial charge in [0.15, 0.2) is 5.65 Å². The average molecular weight is 434 g/mol. The van der Waals surface area contributed by atoms with Gasteiger partial charge in [-0.15, -0.1) is 0 Å². The van der Waals surface area contributed by atoms with Crippen LogP contribution in [-0.4, -0.2) is 69.9 Å². The highest BCUT2D eigenvalue weighted by atomic mass is 19.4. The van der Waals surface area contributed by atoms with Crippen LogP contribution in [0.3, 0.4) is 0 Å². The van der Waals surface area contributed by atoms with Gasteiger partial charge in [0.1, 0.15) is 12.2 Å². The molecule has 4 rings (SSSR count). The van der Waals surface area contributed by atoms with Gasteiger partial charge in [-0.2, -0.15) is 18.3 Å². The minimum Gasteiger partial charge on any atom is -0.481 e. The molecule has 11 heteroatoms. The Kier molecular flexibility index (Phi) is 5.42. The third-order valence-corrected chi connectivity index (χ3v) is 5.39. The molecule has 0 N–H and O–H groups in total. The van der Waals surface area contributed by atoms with Crippen molar-refractivity contribution in [3.8, 4) is 17.0 Å². The van der Waals surface area contributed by atoms with E-state index in [0.717, 1.165) is 11.1 Å². The van der Waals surface area contributed by atoms with Crippen LogP contribution in [0.5, 0.6) is 5.88 Å². The molecule has 1 amide bonds. The number of methoxy groups -OCH3 is 1. The molecule has 1 aliphatic heterocycles. The van der Waals surface area contributed by atoms with Crippen molar-refractivity contribution in [1.29, 1.82) is 0 Å². The first-order valence-electron chi connectivity index (χ1n) is 9.68. The van der Waals surface area contributed by atoms with Crippen molar-refractivity contribution in [2.75, 3.05) is 32.1 Å². The van der Waals surface area contributed by atoms with Crippen LogP contribution >= 0.6 is 0 Å². The molecule has 31 heavy (non-hydrogen) atoms. The number of likely N-dealkylation sites (N-methyl/N-ethyl adjacent to an activating group) is 1. The van der Waals surface area contributed by atoms with E-state index in [1.54, 1.807) is 35.2 Å². The Morgan fingerprint density at radius 1 is 1.32 bits per heavy atom. The minimum atomic E-state index is -4.51. The van der Waals surface area contributed by atoms with Crippen LogP contribution in [0.1, 0.15) is 12.8 Å². The first-order valence-corrected chi connectivity index (χ1v) is 9.68. The van der Waals surface area contributed by atoms with Gasteiger partial charge in [-0.25, -0.2) is 14.5 Å².